The summed E-state index contributed by atoms with van der Waals surface area (Å²) < 4.78 is 1.78. The van der Waals surface area contributed by atoms with Crippen molar-refractivity contribution in [3.63, 3.8) is 0 Å². The molecule has 0 bridgehead atoms. The van der Waals surface area contributed by atoms with E-state index in [0.29, 0.717) is 19.0 Å². The topological polar surface area (TPSA) is 51.0 Å². The maximum absolute atomic E-state index is 13.4. The third kappa shape index (κ3) is 4.22. The van der Waals surface area contributed by atoms with Crippen molar-refractivity contribution >= 4 is 16.9 Å². The lowest BCUT2D eigenvalue weighted by molar-refractivity contribution is -0.133. The Bertz CT molecular complexity index is 1150. The number of aryl methyl sites for hydroxylation is 1. The lowest BCUT2D eigenvalue weighted by atomic mass is 10.1. The van der Waals surface area contributed by atoms with E-state index in [0.717, 1.165) is 27.9 Å². The van der Waals surface area contributed by atoms with Crippen LogP contribution in [0.1, 0.15) is 41.1 Å². The molecule has 0 radical (unpaired) electrons. The van der Waals surface area contributed by atoms with Gasteiger partial charge in [-0.2, -0.15) is 5.10 Å². The number of carbonyl (C=O) groups is 1. The standard InChI is InChI=1S/C26H26N4O/c1-19-25-23(22-12-13-22)14-15-27-26(25)30(28-19)18-24(31)29(16-20-8-4-2-5-9-20)17-21-10-6-3-7-11-21/h2-11,14-15,22H,12-13,16-18H2,1H3. The molecule has 1 amide bonds. The largest absolute Gasteiger partial charge is 0.332 e. The van der Waals surface area contributed by atoms with Crippen LogP contribution in [0.15, 0.2) is 72.9 Å². The molecule has 5 heteroatoms. The molecule has 5 nitrogen and oxygen atoms in total. The van der Waals surface area contributed by atoms with Crippen LogP contribution in [0.2, 0.25) is 0 Å². The van der Waals surface area contributed by atoms with E-state index in [2.05, 4.69) is 35.3 Å². The van der Waals surface area contributed by atoms with Crippen molar-refractivity contribution in [2.45, 2.75) is 45.3 Å². The number of nitrogens with zero attached hydrogens (tertiary/aromatic N) is 4. The highest BCUT2D eigenvalue weighted by Gasteiger charge is 2.28. The van der Waals surface area contributed by atoms with Gasteiger partial charge in [0.15, 0.2) is 5.65 Å². The molecular formula is C26H26N4O. The van der Waals surface area contributed by atoms with Crippen molar-refractivity contribution in [3.05, 3.63) is 95.3 Å². The van der Waals surface area contributed by atoms with Gasteiger partial charge in [-0.15, -0.1) is 0 Å². The van der Waals surface area contributed by atoms with Gasteiger partial charge in [0.1, 0.15) is 6.54 Å². The van der Waals surface area contributed by atoms with Crippen LogP contribution in [0, 0.1) is 6.92 Å². The average Bonchev–Trinajstić information content (AvgIpc) is 3.60. The second kappa shape index (κ2) is 8.34. The number of carbonyl (C=O) groups excluding carboxylic acids is 1. The normalized spacial score (nSPS) is 13.5. The fourth-order valence-electron chi connectivity index (χ4n) is 4.22. The molecule has 0 aliphatic heterocycles. The number of pyridine rings is 1. The first-order valence-electron chi connectivity index (χ1n) is 10.9. The SMILES string of the molecule is Cc1nn(CC(=O)N(Cc2ccccc2)Cc2ccccc2)c2nccc(C3CC3)c12. The summed E-state index contributed by atoms with van der Waals surface area (Å²) in [6.07, 6.45) is 4.30. The first-order valence-corrected chi connectivity index (χ1v) is 10.9. The molecule has 4 aromatic rings. The van der Waals surface area contributed by atoms with Gasteiger partial charge >= 0.3 is 0 Å². The van der Waals surface area contributed by atoms with Crippen LogP contribution >= 0.6 is 0 Å². The van der Waals surface area contributed by atoms with Crippen LogP contribution in [-0.2, 0) is 24.4 Å². The predicted octanol–water partition coefficient (Wildman–Crippen LogP) is 4.85. The maximum Gasteiger partial charge on any atom is 0.244 e. The number of hydrogen-bond acceptors (Lipinski definition) is 3. The van der Waals surface area contributed by atoms with Crippen LogP contribution in [0.3, 0.4) is 0 Å². The van der Waals surface area contributed by atoms with Gasteiger partial charge in [0.2, 0.25) is 5.91 Å². The number of hydrogen-bond donors (Lipinski definition) is 0. The average molecular weight is 411 g/mol. The summed E-state index contributed by atoms with van der Waals surface area (Å²) in [7, 11) is 0. The highest BCUT2D eigenvalue weighted by atomic mass is 16.2. The summed E-state index contributed by atoms with van der Waals surface area (Å²) in [6, 6.07) is 22.4. The first kappa shape index (κ1) is 19.5. The van der Waals surface area contributed by atoms with E-state index in [1.54, 1.807) is 4.68 Å². The summed E-state index contributed by atoms with van der Waals surface area (Å²) in [4.78, 5) is 19.9. The Hall–Kier alpha value is -3.47. The second-order valence-electron chi connectivity index (χ2n) is 8.34. The minimum absolute atomic E-state index is 0.0377. The van der Waals surface area contributed by atoms with E-state index in [1.165, 1.54) is 18.4 Å². The van der Waals surface area contributed by atoms with Crippen molar-refractivity contribution < 1.29 is 4.79 Å². The Kier molecular flexibility index (Phi) is 5.24. The minimum atomic E-state index is 0.0377. The quantitative estimate of drug-likeness (QED) is 0.438. The molecule has 1 aliphatic rings. The molecule has 156 valence electrons. The molecule has 31 heavy (non-hydrogen) atoms. The maximum atomic E-state index is 13.4. The van der Waals surface area contributed by atoms with Gasteiger partial charge in [-0.05, 0) is 48.4 Å². The number of rotatable bonds is 7. The van der Waals surface area contributed by atoms with Crippen molar-refractivity contribution in [2.24, 2.45) is 0 Å². The van der Waals surface area contributed by atoms with Gasteiger partial charge in [0.05, 0.1) is 5.69 Å². The Morgan fingerprint density at radius 2 is 1.58 bits per heavy atom. The Morgan fingerprint density at radius 1 is 0.968 bits per heavy atom. The predicted molar refractivity (Wildman–Crippen MR) is 121 cm³/mol. The van der Waals surface area contributed by atoms with Crippen molar-refractivity contribution in [1.29, 1.82) is 0 Å². The molecule has 5 rings (SSSR count). The van der Waals surface area contributed by atoms with Gasteiger partial charge in [-0.3, -0.25) is 4.79 Å². The summed E-state index contributed by atoms with van der Waals surface area (Å²) in [5.74, 6) is 0.654. The molecule has 2 aromatic carbocycles. The van der Waals surface area contributed by atoms with Crippen LogP contribution in [0.4, 0.5) is 0 Å². The van der Waals surface area contributed by atoms with E-state index >= 15 is 0 Å². The Morgan fingerprint density at radius 3 is 2.16 bits per heavy atom. The molecule has 0 N–H and O–H groups in total. The van der Waals surface area contributed by atoms with Gasteiger partial charge in [-0.25, -0.2) is 9.67 Å². The highest BCUT2D eigenvalue weighted by molar-refractivity contribution is 5.85. The first-order chi connectivity index (χ1) is 15.2. The zero-order valence-corrected chi connectivity index (χ0v) is 17.7. The number of fused-ring (bicyclic) bond motifs is 1. The highest BCUT2D eigenvalue weighted by Crippen LogP contribution is 2.43. The molecule has 0 atom stereocenters. The third-order valence-corrected chi connectivity index (χ3v) is 5.93. The van der Waals surface area contributed by atoms with Crippen LogP contribution in [0.5, 0.6) is 0 Å². The van der Waals surface area contributed by atoms with Crippen LogP contribution < -0.4 is 0 Å². The van der Waals surface area contributed by atoms with Crippen LogP contribution in [-0.4, -0.2) is 25.6 Å². The summed E-state index contributed by atoms with van der Waals surface area (Å²) in [5.41, 5.74) is 5.32. The molecule has 2 heterocycles. The van der Waals surface area contributed by atoms with E-state index in [9.17, 15) is 4.79 Å². The van der Waals surface area contributed by atoms with Gasteiger partial charge in [0.25, 0.3) is 0 Å². The molecule has 2 aromatic heterocycles. The Balaban J connectivity index is 1.43. The summed E-state index contributed by atoms with van der Waals surface area (Å²) in [5, 5.41) is 5.82. The molecule has 0 saturated heterocycles. The lowest BCUT2D eigenvalue weighted by Crippen LogP contribution is -2.33. The van der Waals surface area contributed by atoms with Gasteiger partial charge in [0, 0.05) is 24.7 Å². The number of amides is 1. The monoisotopic (exact) mass is 410 g/mol. The summed E-state index contributed by atoms with van der Waals surface area (Å²) >= 11 is 0. The zero-order valence-electron chi connectivity index (χ0n) is 17.7. The third-order valence-electron chi connectivity index (χ3n) is 5.93. The summed E-state index contributed by atoms with van der Waals surface area (Å²) in [6.45, 7) is 3.33. The fourth-order valence-corrected chi connectivity index (χ4v) is 4.22. The molecule has 1 aliphatic carbocycles. The van der Waals surface area contributed by atoms with Crippen molar-refractivity contribution in [2.75, 3.05) is 0 Å². The van der Waals surface area contributed by atoms with Crippen LogP contribution in [0.25, 0.3) is 11.0 Å². The number of aromatic nitrogens is 3. The zero-order chi connectivity index (χ0) is 21.2. The lowest BCUT2D eigenvalue weighted by Gasteiger charge is -2.23. The number of benzene rings is 2. The molecule has 0 spiro atoms. The minimum Gasteiger partial charge on any atom is -0.332 e. The smallest absolute Gasteiger partial charge is 0.244 e. The molecule has 1 fully saturated rings. The van der Waals surface area contributed by atoms with E-state index < -0.39 is 0 Å². The molecule has 1 saturated carbocycles. The Labute approximate surface area is 182 Å². The van der Waals surface area contributed by atoms with E-state index in [-0.39, 0.29) is 12.5 Å². The second-order valence-corrected chi connectivity index (χ2v) is 8.34. The van der Waals surface area contributed by atoms with E-state index in [1.807, 2.05) is 54.4 Å². The van der Waals surface area contributed by atoms with Gasteiger partial charge in [-0.1, -0.05) is 60.7 Å². The molecular weight excluding hydrogens is 384 g/mol. The van der Waals surface area contributed by atoms with E-state index in [4.69, 9.17) is 5.10 Å². The fraction of sp³-hybridized carbons (Fsp3) is 0.269. The van der Waals surface area contributed by atoms with Crippen molar-refractivity contribution in [3.8, 4) is 0 Å². The van der Waals surface area contributed by atoms with Crippen molar-refractivity contribution in [1.82, 2.24) is 19.7 Å². The van der Waals surface area contributed by atoms with Gasteiger partial charge < -0.3 is 4.90 Å². The molecule has 0 unspecified atom stereocenters.